The number of benzene rings is 1. The van der Waals surface area contributed by atoms with Crippen molar-refractivity contribution in [2.45, 2.75) is 103 Å². The summed E-state index contributed by atoms with van der Waals surface area (Å²) in [5.41, 5.74) is 2.80. The van der Waals surface area contributed by atoms with Gasteiger partial charge in [0.1, 0.15) is 12.3 Å². The van der Waals surface area contributed by atoms with Crippen LogP contribution in [0, 0.1) is 17.8 Å². The summed E-state index contributed by atoms with van der Waals surface area (Å²) < 4.78 is 28.0. The highest BCUT2D eigenvalue weighted by Gasteiger charge is 2.45. The molecule has 0 aromatic heterocycles. The Morgan fingerprint density at radius 1 is 1.19 bits per heavy atom. The van der Waals surface area contributed by atoms with Gasteiger partial charge < -0.3 is 9.16 Å². The molecule has 3 rings (SSSR count). The number of esters is 1. The second-order valence-electron chi connectivity index (χ2n) is 12.3. The fourth-order valence-corrected chi connectivity index (χ4v) is 7.06. The predicted octanol–water partition coefficient (Wildman–Crippen LogP) is 8.38. The summed E-state index contributed by atoms with van der Waals surface area (Å²) in [5.74, 6) is -0.351. The van der Waals surface area contributed by atoms with E-state index in [9.17, 15) is 4.79 Å². The van der Waals surface area contributed by atoms with Crippen LogP contribution in [0.5, 0.6) is 0 Å². The van der Waals surface area contributed by atoms with Gasteiger partial charge in [0, 0.05) is 30.5 Å². The van der Waals surface area contributed by atoms with Crippen molar-refractivity contribution in [1.82, 2.24) is 0 Å². The topological polar surface area (TPSA) is 35.5 Å². The monoisotopic (exact) mass is 592 g/mol. The zero-order chi connectivity index (χ0) is 27.2. The molecule has 0 heterocycles. The highest BCUT2D eigenvalue weighted by atomic mass is 79.9. The predicted molar refractivity (Wildman–Crippen MR) is 157 cm³/mol. The van der Waals surface area contributed by atoms with Crippen molar-refractivity contribution in [3.63, 3.8) is 0 Å². The molecule has 1 aromatic carbocycles. The average Bonchev–Trinajstić information content (AvgIpc) is 3.36. The van der Waals surface area contributed by atoms with Crippen LogP contribution in [0.1, 0.15) is 64.5 Å². The molecule has 206 valence electrons. The first-order chi connectivity index (χ1) is 17.4. The quantitative estimate of drug-likeness (QED) is 0.0850. The van der Waals surface area contributed by atoms with Gasteiger partial charge in [0.15, 0.2) is 8.32 Å². The summed E-state index contributed by atoms with van der Waals surface area (Å²) in [6, 6.07) is 8.66. The molecule has 0 aliphatic heterocycles. The molecule has 0 amide bonds. The zero-order valence-corrected chi connectivity index (χ0v) is 26.1. The molecule has 2 unspecified atom stereocenters. The Labute approximate surface area is 233 Å². The number of alkyl halides is 2. The van der Waals surface area contributed by atoms with E-state index < -0.39 is 20.6 Å². The summed E-state index contributed by atoms with van der Waals surface area (Å²) in [6.45, 7) is 12.8. The number of ether oxygens (including phenoxy) is 1. The van der Waals surface area contributed by atoms with Crippen LogP contribution in [0.25, 0.3) is 0 Å². The molecule has 3 nitrogen and oxygen atoms in total. The summed E-state index contributed by atoms with van der Waals surface area (Å²) >= 11 is 3.47. The van der Waals surface area contributed by atoms with Gasteiger partial charge in [-0.3, -0.25) is 4.79 Å². The molecule has 1 fully saturated rings. The number of rotatable bonds is 11. The van der Waals surface area contributed by atoms with E-state index in [0.29, 0.717) is 12.3 Å². The number of hydrogen-bond acceptors (Lipinski definition) is 3. The smallest absolute Gasteiger partial charge is 0.302 e. The number of allylic oxidation sites excluding steroid dienone is 3. The third-order valence-corrected chi connectivity index (χ3v) is 13.6. The van der Waals surface area contributed by atoms with E-state index >= 15 is 4.39 Å². The number of fused-ring (bicyclic) bond motifs is 1. The lowest BCUT2D eigenvalue weighted by atomic mass is 9.89. The molecule has 37 heavy (non-hydrogen) atoms. The largest absolute Gasteiger partial charge is 0.462 e. The lowest BCUT2D eigenvalue weighted by Crippen LogP contribution is -2.45. The van der Waals surface area contributed by atoms with Crippen molar-refractivity contribution in [3.05, 3.63) is 59.7 Å². The Hall–Kier alpha value is -1.24. The van der Waals surface area contributed by atoms with Gasteiger partial charge in [0.25, 0.3) is 0 Å². The number of hydrogen-bond donors (Lipinski definition) is 0. The molecule has 0 bridgehead atoms. The van der Waals surface area contributed by atoms with Crippen LogP contribution in [-0.4, -0.2) is 38.0 Å². The van der Waals surface area contributed by atoms with Gasteiger partial charge in [-0.15, -0.1) is 0 Å². The molecule has 1 saturated carbocycles. The SMILES string of the molecule is CC(=O)O[C@H]1C[C@H](F)C(C=CC(O[Si](C)(C)C(C)(C)C)C2Cc3ccccc3C2)[C@H]1CC=CCCCBr. The lowest BCUT2D eigenvalue weighted by Gasteiger charge is -2.40. The number of carbonyl (C=O) groups is 1. The fourth-order valence-electron chi connectivity index (χ4n) is 5.43. The highest BCUT2D eigenvalue weighted by molar-refractivity contribution is 9.09. The number of unbranched alkanes of at least 4 members (excludes halogenated alkanes) is 1. The first-order valence-corrected chi connectivity index (χ1v) is 17.9. The first kappa shape index (κ1) is 30.3. The summed E-state index contributed by atoms with van der Waals surface area (Å²) in [6.07, 6.45) is 12.0. The van der Waals surface area contributed by atoms with E-state index in [1.165, 1.54) is 18.1 Å². The van der Waals surface area contributed by atoms with Gasteiger partial charge in [0.05, 0.1) is 6.10 Å². The van der Waals surface area contributed by atoms with E-state index in [1.54, 1.807) is 0 Å². The van der Waals surface area contributed by atoms with E-state index in [1.807, 2.05) is 0 Å². The van der Waals surface area contributed by atoms with Gasteiger partial charge in [-0.1, -0.05) is 85.3 Å². The summed E-state index contributed by atoms with van der Waals surface area (Å²) in [4.78, 5) is 11.8. The Morgan fingerprint density at radius 3 is 2.41 bits per heavy atom. The van der Waals surface area contributed by atoms with E-state index in [-0.39, 0.29) is 35.4 Å². The molecule has 2 aliphatic rings. The first-order valence-electron chi connectivity index (χ1n) is 13.9. The number of carbonyl (C=O) groups excluding carboxylic acids is 1. The minimum absolute atomic E-state index is 0.0651. The Bertz CT molecular complexity index is 929. The molecule has 0 radical (unpaired) electrons. The van der Waals surface area contributed by atoms with Crippen LogP contribution in [0.2, 0.25) is 18.1 Å². The van der Waals surface area contributed by atoms with Crippen LogP contribution in [-0.2, 0) is 26.8 Å². The van der Waals surface area contributed by atoms with Crippen LogP contribution < -0.4 is 0 Å². The molecule has 0 saturated heterocycles. The molecule has 2 aliphatic carbocycles. The third-order valence-electron chi connectivity index (χ3n) is 8.55. The standard InChI is InChI=1S/C31H46BrFO3Si/c1-22(34)35-30-21-28(33)26(27(30)15-9-7-8-12-18-32)16-17-29(36-37(5,6)31(2,3)4)25-19-23-13-10-11-14-24(23)20-25/h7,9-11,13-14,16-17,25-30H,8,12,15,18-21H2,1-6H3/t26?,27-,28+,29?,30+/m1/s1. The van der Waals surface area contributed by atoms with Crippen molar-refractivity contribution in [2.75, 3.05) is 5.33 Å². The average molecular weight is 594 g/mol. The van der Waals surface area contributed by atoms with Gasteiger partial charge in [-0.25, -0.2) is 4.39 Å². The normalized spacial score (nSPS) is 25.7. The maximum atomic E-state index is 15.4. The van der Waals surface area contributed by atoms with E-state index in [0.717, 1.165) is 31.0 Å². The Balaban J connectivity index is 1.84. The van der Waals surface area contributed by atoms with Gasteiger partial charge in [-0.2, -0.15) is 0 Å². The minimum atomic E-state index is -2.05. The third kappa shape index (κ3) is 8.12. The van der Waals surface area contributed by atoms with Crippen molar-refractivity contribution >= 4 is 30.2 Å². The fraction of sp³-hybridized carbons (Fsp3) is 0.645. The maximum absolute atomic E-state index is 15.4. The number of halogens is 2. The second-order valence-corrected chi connectivity index (χ2v) is 17.9. The summed E-state index contributed by atoms with van der Waals surface area (Å²) in [5, 5.41) is 1.05. The van der Waals surface area contributed by atoms with Crippen LogP contribution in [0.3, 0.4) is 0 Å². The van der Waals surface area contributed by atoms with Crippen molar-refractivity contribution < 1.29 is 18.3 Å². The van der Waals surface area contributed by atoms with Gasteiger partial charge in [-0.05, 0) is 67.3 Å². The molecule has 1 aromatic rings. The lowest BCUT2D eigenvalue weighted by molar-refractivity contribution is -0.148. The van der Waals surface area contributed by atoms with E-state index in [2.05, 4.69) is 98.4 Å². The van der Waals surface area contributed by atoms with Gasteiger partial charge >= 0.3 is 5.97 Å². The second kappa shape index (κ2) is 13.2. The molecule has 6 heteroatoms. The van der Waals surface area contributed by atoms with E-state index in [4.69, 9.17) is 9.16 Å². The van der Waals surface area contributed by atoms with Crippen molar-refractivity contribution in [3.8, 4) is 0 Å². The molecule has 0 spiro atoms. The highest BCUT2D eigenvalue weighted by Crippen LogP contribution is 2.42. The molecular weight excluding hydrogens is 547 g/mol. The summed E-state index contributed by atoms with van der Waals surface area (Å²) in [7, 11) is -2.05. The Kier molecular flexibility index (Phi) is 10.8. The van der Waals surface area contributed by atoms with Crippen LogP contribution >= 0.6 is 15.9 Å². The molecule has 5 atom stereocenters. The van der Waals surface area contributed by atoms with Crippen LogP contribution in [0.4, 0.5) is 4.39 Å². The molecular formula is C31H46BrFO3Si. The maximum Gasteiger partial charge on any atom is 0.302 e. The van der Waals surface area contributed by atoms with Crippen LogP contribution in [0.15, 0.2) is 48.6 Å². The van der Waals surface area contributed by atoms with Crippen molar-refractivity contribution in [2.24, 2.45) is 17.8 Å². The Morgan fingerprint density at radius 2 is 1.84 bits per heavy atom. The van der Waals surface area contributed by atoms with Gasteiger partial charge in [0.2, 0.25) is 0 Å². The minimum Gasteiger partial charge on any atom is -0.462 e. The zero-order valence-electron chi connectivity index (χ0n) is 23.5. The van der Waals surface area contributed by atoms with Crippen molar-refractivity contribution in [1.29, 1.82) is 0 Å². The molecule has 0 N–H and O–H groups in total.